The SMILES string of the molecule is O=C(C(Cl)c1cccc(Cl)c1Cl)N1CCOCC1. The number of halogens is 3. The Morgan fingerprint density at radius 2 is 1.94 bits per heavy atom. The van der Waals surface area contributed by atoms with E-state index in [4.69, 9.17) is 39.5 Å². The highest BCUT2D eigenvalue weighted by atomic mass is 35.5. The standard InChI is InChI=1S/C12H12Cl3NO2/c13-9-3-1-2-8(10(9)14)11(15)12(17)16-4-6-18-7-5-16/h1-3,11H,4-7H2. The summed E-state index contributed by atoms with van der Waals surface area (Å²) in [5.74, 6) is -0.163. The molecule has 0 aliphatic carbocycles. The van der Waals surface area contributed by atoms with Crippen molar-refractivity contribution in [3.63, 3.8) is 0 Å². The average Bonchev–Trinajstić information content (AvgIpc) is 2.41. The third-order valence-electron chi connectivity index (χ3n) is 2.79. The lowest BCUT2D eigenvalue weighted by molar-refractivity contribution is -0.134. The first-order chi connectivity index (χ1) is 8.61. The maximum atomic E-state index is 12.2. The Hall–Kier alpha value is -0.480. The maximum absolute atomic E-state index is 12.2. The van der Waals surface area contributed by atoms with Gasteiger partial charge in [0.1, 0.15) is 5.38 Å². The number of amides is 1. The van der Waals surface area contributed by atoms with Crippen LogP contribution < -0.4 is 0 Å². The van der Waals surface area contributed by atoms with Gasteiger partial charge in [-0.1, -0.05) is 35.3 Å². The van der Waals surface area contributed by atoms with E-state index in [0.717, 1.165) is 0 Å². The summed E-state index contributed by atoms with van der Waals surface area (Å²) in [7, 11) is 0. The van der Waals surface area contributed by atoms with E-state index in [2.05, 4.69) is 0 Å². The van der Waals surface area contributed by atoms with E-state index >= 15 is 0 Å². The Morgan fingerprint density at radius 1 is 1.28 bits per heavy atom. The summed E-state index contributed by atoms with van der Waals surface area (Å²) >= 11 is 18.2. The predicted octanol–water partition coefficient (Wildman–Crippen LogP) is 3.13. The monoisotopic (exact) mass is 307 g/mol. The van der Waals surface area contributed by atoms with Crippen molar-refractivity contribution in [1.29, 1.82) is 0 Å². The third kappa shape index (κ3) is 2.91. The van der Waals surface area contributed by atoms with Crippen LogP contribution in [0.1, 0.15) is 10.9 Å². The molecule has 1 amide bonds. The van der Waals surface area contributed by atoms with Crippen molar-refractivity contribution >= 4 is 40.7 Å². The molecular formula is C12H12Cl3NO2. The summed E-state index contributed by atoms with van der Waals surface area (Å²) in [6.07, 6.45) is 0. The Bertz CT molecular complexity index is 447. The van der Waals surface area contributed by atoms with E-state index < -0.39 is 5.38 Å². The Morgan fingerprint density at radius 3 is 2.61 bits per heavy atom. The van der Waals surface area contributed by atoms with Crippen LogP contribution in [0.2, 0.25) is 10.0 Å². The van der Waals surface area contributed by atoms with E-state index in [1.54, 1.807) is 23.1 Å². The molecule has 1 aliphatic heterocycles. The fourth-order valence-electron chi connectivity index (χ4n) is 1.79. The number of hydrogen-bond donors (Lipinski definition) is 0. The number of nitrogens with zero attached hydrogens (tertiary/aromatic N) is 1. The van der Waals surface area contributed by atoms with Gasteiger partial charge >= 0.3 is 0 Å². The van der Waals surface area contributed by atoms with Gasteiger partial charge in [-0.2, -0.15) is 0 Å². The number of carbonyl (C=O) groups excluding carboxylic acids is 1. The molecule has 3 nitrogen and oxygen atoms in total. The summed E-state index contributed by atoms with van der Waals surface area (Å²) in [6.45, 7) is 2.19. The highest BCUT2D eigenvalue weighted by Crippen LogP contribution is 2.34. The van der Waals surface area contributed by atoms with Gasteiger partial charge < -0.3 is 9.64 Å². The van der Waals surface area contributed by atoms with Gasteiger partial charge in [0.15, 0.2) is 0 Å². The van der Waals surface area contributed by atoms with Crippen LogP contribution in [0.4, 0.5) is 0 Å². The molecule has 2 rings (SSSR count). The molecule has 0 N–H and O–H groups in total. The molecular weight excluding hydrogens is 296 g/mol. The van der Waals surface area contributed by atoms with Gasteiger partial charge in [-0.05, 0) is 11.6 Å². The number of benzene rings is 1. The summed E-state index contributed by atoms with van der Waals surface area (Å²) in [4.78, 5) is 13.9. The van der Waals surface area contributed by atoms with Crippen molar-refractivity contribution in [2.24, 2.45) is 0 Å². The molecule has 18 heavy (non-hydrogen) atoms. The summed E-state index contributed by atoms with van der Waals surface area (Å²) < 4.78 is 5.19. The van der Waals surface area contributed by atoms with Gasteiger partial charge in [0, 0.05) is 13.1 Å². The van der Waals surface area contributed by atoms with Gasteiger partial charge in [-0.15, -0.1) is 11.6 Å². The summed E-state index contributed by atoms with van der Waals surface area (Å²) in [6, 6.07) is 5.10. The minimum Gasteiger partial charge on any atom is -0.378 e. The smallest absolute Gasteiger partial charge is 0.245 e. The largest absolute Gasteiger partial charge is 0.378 e. The van der Waals surface area contributed by atoms with Crippen LogP contribution in [0.5, 0.6) is 0 Å². The van der Waals surface area contributed by atoms with Crippen molar-refractivity contribution in [3.8, 4) is 0 Å². The molecule has 0 spiro atoms. The maximum Gasteiger partial charge on any atom is 0.245 e. The Balaban J connectivity index is 2.17. The third-order valence-corrected chi connectivity index (χ3v) is 4.05. The predicted molar refractivity (Wildman–Crippen MR) is 72.5 cm³/mol. The molecule has 1 aromatic carbocycles. The highest BCUT2D eigenvalue weighted by Gasteiger charge is 2.27. The Kier molecular flexibility index (Phi) is 4.73. The first-order valence-electron chi connectivity index (χ1n) is 5.56. The van der Waals surface area contributed by atoms with Crippen LogP contribution in [0.3, 0.4) is 0 Å². The summed E-state index contributed by atoms with van der Waals surface area (Å²) in [5.41, 5.74) is 0.544. The fourth-order valence-corrected chi connectivity index (χ4v) is 2.59. The van der Waals surface area contributed by atoms with E-state index in [9.17, 15) is 4.79 Å². The second-order valence-electron chi connectivity index (χ2n) is 3.94. The molecule has 0 radical (unpaired) electrons. The molecule has 1 fully saturated rings. The van der Waals surface area contributed by atoms with E-state index in [-0.39, 0.29) is 5.91 Å². The number of rotatable bonds is 2. The van der Waals surface area contributed by atoms with E-state index in [1.807, 2.05) is 0 Å². The van der Waals surface area contributed by atoms with Crippen molar-refractivity contribution < 1.29 is 9.53 Å². The lowest BCUT2D eigenvalue weighted by Gasteiger charge is -2.28. The van der Waals surface area contributed by atoms with Crippen molar-refractivity contribution in [3.05, 3.63) is 33.8 Å². The lowest BCUT2D eigenvalue weighted by atomic mass is 10.1. The number of carbonyl (C=O) groups is 1. The van der Waals surface area contributed by atoms with Gasteiger partial charge in [0.05, 0.1) is 23.3 Å². The van der Waals surface area contributed by atoms with Gasteiger partial charge in [-0.25, -0.2) is 0 Å². The average molecular weight is 309 g/mol. The van der Waals surface area contributed by atoms with Crippen LogP contribution in [0.15, 0.2) is 18.2 Å². The van der Waals surface area contributed by atoms with Gasteiger partial charge in [0.25, 0.3) is 0 Å². The minimum atomic E-state index is -0.811. The van der Waals surface area contributed by atoms with E-state index in [0.29, 0.717) is 41.9 Å². The molecule has 0 saturated carbocycles. The molecule has 1 saturated heterocycles. The normalized spacial score (nSPS) is 17.6. The minimum absolute atomic E-state index is 0.163. The lowest BCUT2D eigenvalue weighted by Crippen LogP contribution is -2.42. The Labute approximate surface area is 121 Å². The zero-order valence-electron chi connectivity index (χ0n) is 9.54. The van der Waals surface area contributed by atoms with Crippen LogP contribution >= 0.6 is 34.8 Å². The molecule has 1 aromatic rings. The number of ether oxygens (including phenoxy) is 1. The van der Waals surface area contributed by atoms with Crippen molar-refractivity contribution in [2.45, 2.75) is 5.38 Å². The second-order valence-corrected chi connectivity index (χ2v) is 5.16. The molecule has 1 heterocycles. The van der Waals surface area contributed by atoms with E-state index in [1.165, 1.54) is 0 Å². The first kappa shape index (κ1) is 13.9. The van der Waals surface area contributed by atoms with Crippen LogP contribution in [-0.2, 0) is 9.53 Å². The van der Waals surface area contributed by atoms with Gasteiger partial charge in [-0.3, -0.25) is 4.79 Å². The van der Waals surface area contributed by atoms with Crippen LogP contribution in [-0.4, -0.2) is 37.1 Å². The molecule has 1 atom stereocenters. The molecule has 1 unspecified atom stereocenters. The van der Waals surface area contributed by atoms with Crippen LogP contribution in [0.25, 0.3) is 0 Å². The van der Waals surface area contributed by atoms with Gasteiger partial charge in [0.2, 0.25) is 5.91 Å². The second kappa shape index (κ2) is 6.11. The molecule has 0 bridgehead atoms. The first-order valence-corrected chi connectivity index (χ1v) is 6.75. The molecule has 1 aliphatic rings. The zero-order chi connectivity index (χ0) is 13.1. The van der Waals surface area contributed by atoms with Crippen LogP contribution in [0, 0.1) is 0 Å². The summed E-state index contributed by atoms with van der Waals surface area (Å²) in [5, 5.41) is -0.0790. The quantitative estimate of drug-likeness (QED) is 0.786. The van der Waals surface area contributed by atoms with Crippen molar-refractivity contribution in [1.82, 2.24) is 4.90 Å². The molecule has 98 valence electrons. The van der Waals surface area contributed by atoms with Crippen molar-refractivity contribution in [2.75, 3.05) is 26.3 Å². The highest BCUT2D eigenvalue weighted by molar-refractivity contribution is 6.43. The molecule has 6 heteroatoms. The number of morpholine rings is 1. The topological polar surface area (TPSA) is 29.5 Å². The fraction of sp³-hybridized carbons (Fsp3) is 0.417. The zero-order valence-corrected chi connectivity index (χ0v) is 11.8. The number of hydrogen-bond acceptors (Lipinski definition) is 2. The molecule has 0 aromatic heterocycles. The number of alkyl halides is 1.